The van der Waals surface area contributed by atoms with Crippen LogP contribution in [0.2, 0.25) is 0 Å². The molecule has 4 nitrogen and oxygen atoms in total. The summed E-state index contributed by atoms with van der Waals surface area (Å²) < 4.78 is 5.66. The second kappa shape index (κ2) is 6.42. The Morgan fingerprint density at radius 2 is 2.04 bits per heavy atom. The number of carbonyl (C=O) groups is 1. The molecule has 1 saturated heterocycles. The summed E-state index contributed by atoms with van der Waals surface area (Å²) in [5.74, 6) is 0. The molecule has 0 saturated carbocycles. The molecule has 4 rings (SSSR count). The SMILES string of the molecule is CC(C)(C)OC(=O)N1C2C=C(c3ccc4cnccc4c3)CC1CCC2. The highest BCUT2D eigenvalue weighted by atomic mass is 16.6. The van der Waals surface area contributed by atoms with E-state index in [2.05, 4.69) is 35.3 Å². The number of benzene rings is 1. The van der Waals surface area contributed by atoms with Crippen molar-refractivity contribution in [2.75, 3.05) is 0 Å². The fourth-order valence-corrected chi connectivity index (χ4v) is 4.13. The Labute approximate surface area is 154 Å². The minimum atomic E-state index is -0.457. The summed E-state index contributed by atoms with van der Waals surface area (Å²) in [4.78, 5) is 18.9. The standard InChI is InChI=1S/C22H26N2O2/c1-22(2,3)26-21(25)24-19-5-4-6-20(24)13-18(12-19)15-7-8-17-14-23-10-9-16(17)11-15/h7-12,14,19-20H,4-6,13H2,1-3H3. The van der Waals surface area contributed by atoms with Crippen LogP contribution in [0.5, 0.6) is 0 Å². The fraction of sp³-hybridized carbons (Fsp3) is 0.455. The van der Waals surface area contributed by atoms with Gasteiger partial charge in [0.25, 0.3) is 0 Å². The van der Waals surface area contributed by atoms with Crippen LogP contribution in [0, 0.1) is 0 Å². The fourth-order valence-electron chi connectivity index (χ4n) is 4.13. The van der Waals surface area contributed by atoms with E-state index >= 15 is 0 Å². The number of fused-ring (bicyclic) bond motifs is 3. The van der Waals surface area contributed by atoms with Gasteiger partial charge >= 0.3 is 6.09 Å². The van der Waals surface area contributed by atoms with Crippen LogP contribution in [0.1, 0.15) is 52.0 Å². The number of amides is 1. The van der Waals surface area contributed by atoms with Gasteiger partial charge in [0, 0.05) is 23.8 Å². The number of carbonyl (C=O) groups excluding carboxylic acids is 1. The van der Waals surface area contributed by atoms with E-state index in [0.717, 1.165) is 24.6 Å². The lowest BCUT2D eigenvalue weighted by atomic mass is 9.83. The highest BCUT2D eigenvalue weighted by molar-refractivity contribution is 5.86. The van der Waals surface area contributed by atoms with Crippen LogP contribution in [0.4, 0.5) is 4.79 Å². The summed E-state index contributed by atoms with van der Waals surface area (Å²) >= 11 is 0. The lowest BCUT2D eigenvalue weighted by Gasteiger charge is -2.45. The van der Waals surface area contributed by atoms with Crippen LogP contribution < -0.4 is 0 Å². The van der Waals surface area contributed by atoms with Gasteiger partial charge in [0.15, 0.2) is 0 Å². The maximum Gasteiger partial charge on any atom is 0.411 e. The van der Waals surface area contributed by atoms with Gasteiger partial charge in [0.2, 0.25) is 0 Å². The van der Waals surface area contributed by atoms with Crippen LogP contribution in [0.15, 0.2) is 42.7 Å². The zero-order chi connectivity index (χ0) is 18.3. The molecule has 2 aliphatic rings. The number of aromatic nitrogens is 1. The number of hydrogen-bond donors (Lipinski definition) is 0. The van der Waals surface area contributed by atoms with E-state index < -0.39 is 5.60 Å². The van der Waals surface area contributed by atoms with Gasteiger partial charge in [-0.05, 0) is 75.1 Å². The summed E-state index contributed by atoms with van der Waals surface area (Å²) in [7, 11) is 0. The van der Waals surface area contributed by atoms with E-state index in [1.165, 1.54) is 22.9 Å². The van der Waals surface area contributed by atoms with Gasteiger partial charge in [-0.3, -0.25) is 9.88 Å². The number of nitrogens with zero attached hydrogens (tertiary/aromatic N) is 2. The van der Waals surface area contributed by atoms with Gasteiger partial charge in [0.05, 0.1) is 6.04 Å². The summed E-state index contributed by atoms with van der Waals surface area (Å²) in [6, 6.07) is 8.97. The van der Waals surface area contributed by atoms with Crippen LogP contribution in [-0.4, -0.2) is 33.7 Å². The Morgan fingerprint density at radius 3 is 2.81 bits per heavy atom. The summed E-state index contributed by atoms with van der Waals surface area (Å²) in [5.41, 5.74) is 2.14. The predicted molar refractivity (Wildman–Crippen MR) is 104 cm³/mol. The number of ether oxygens (including phenoxy) is 1. The first-order valence-electron chi connectivity index (χ1n) is 9.47. The molecule has 3 heterocycles. The zero-order valence-electron chi connectivity index (χ0n) is 15.7. The first-order valence-corrected chi connectivity index (χ1v) is 9.47. The molecule has 4 heteroatoms. The van der Waals surface area contributed by atoms with Gasteiger partial charge in [-0.1, -0.05) is 18.2 Å². The number of pyridine rings is 1. The van der Waals surface area contributed by atoms with E-state index in [0.29, 0.717) is 0 Å². The normalized spacial score (nSPS) is 22.9. The van der Waals surface area contributed by atoms with Crippen molar-refractivity contribution in [2.24, 2.45) is 0 Å². The van der Waals surface area contributed by atoms with Crippen molar-refractivity contribution in [2.45, 2.75) is 64.1 Å². The third-order valence-electron chi connectivity index (χ3n) is 5.25. The number of piperidine rings is 1. The molecular formula is C22H26N2O2. The van der Waals surface area contributed by atoms with E-state index in [1.54, 1.807) is 0 Å². The molecule has 2 aromatic rings. The monoisotopic (exact) mass is 350 g/mol. The topological polar surface area (TPSA) is 42.4 Å². The molecule has 0 radical (unpaired) electrons. The van der Waals surface area contributed by atoms with Crippen molar-refractivity contribution in [1.82, 2.24) is 9.88 Å². The molecule has 1 aromatic heterocycles. The third-order valence-corrected chi connectivity index (χ3v) is 5.25. The molecule has 1 amide bonds. The molecule has 2 atom stereocenters. The van der Waals surface area contributed by atoms with Gasteiger partial charge in [0.1, 0.15) is 5.60 Å². The number of rotatable bonds is 1. The lowest BCUT2D eigenvalue weighted by Crippen LogP contribution is -2.53. The summed E-state index contributed by atoms with van der Waals surface area (Å²) in [5, 5.41) is 2.36. The molecule has 2 aliphatic heterocycles. The second-order valence-corrected chi connectivity index (χ2v) is 8.37. The van der Waals surface area contributed by atoms with Gasteiger partial charge in [-0.2, -0.15) is 0 Å². The first-order chi connectivity index (χ1) is 12.4. The van der Waals surface area contributed by atoms with Crippen molar-refractivity contribution in [1.29, 1.82) is 0 Å². The first kappa shape index (κ1) is 17.1. The van der Waals surface area contributed by atoms with Gasteiger partial charge in [-0.15, -0.1) is 0 Å². The Hall–Kier alpha value is -2.36. The largest absolute Gasteiger partial charge is 0.444 e. The van der Waals surface area contributed by atoms with E-state index in [1.807, 2.05) is 38.1 Å². The van der Waals surface area contributed by atoms with Crippen LogP contribution >= 0.6 is 0 Å². The molecular weight excluding hydrogens is 324 g/mol. The highest BCUT2D eigenvalue weighted by Crippen LogP contribution is 2.38. The molecule has 0 N–H and O–H groups in total. The quantitative estimate of drug-likeness (QED) is 0.711. The van der Waals surface area contributed by atoms with Crippen molar-refractivity contribution < 1.29 is 9.53 Å². The minimum absolute atomic E-state index is 0.139. The smallest absolute Gasteiger partial charge is 0.411 e. The zero-order valence-corrected chi connectivity index (χ0v) is 15.7. The Kier molecular flexibility index (Phi) is 4.22. The van der Waals surface area contributed by atoms with Crippen LogP contribution in [0.25, 0.3) is 16.3 Å². The van der Waals surface area contributed by atoms with Gasteiger partial charge < -0.3 is 4.74 Å². The lowest BCUT2D eigenvalue weighted by molar-refractivity contribution is 0.0000859. The second-order valence-electron chi connectivity index (χ2n) is 8.37. The van der Waals surface area contributed by atoms with Gasteiger partial charge in [-0.25, -0.2) is 4.79 Å². The molecule has 2 unspecified atom stereocenters. The number of hydrogen-bond acceptors (Lipinski definition) is 3. The predicted octanol–water partition coefficient (Wildman–Crippen LogP) is 5.18. The summed E-state index contributed by atoms with van der Waals surface area (Å²) in [6.45, 7) is 5.78. The molecule has 0 aliphatic carbocycles. The Morgan fingerprint density at radius 1 is 1.19 bits per heavy atom. The van der Waals surface area contributed by atoms with Crippen LogP contribution in [0.3, 0.4) is 0 Å². The van der Waals surface area contributed by atoms with Crippen molar-refractivity contribution in [3.05, 3.63) is 48.3 Å². The highest BCUT2D eigenvalue weighted by Gasteiger charge is 2.39. The Bertz CT molecular complexity index is 866. The molecule has 1 fully saturated rings. The molecule has 2 bridgehead atoms. The summed E-state index contributed by atoms with van der Waals surface area (Å²) in [6.07, 6.45) is 9.96. The van der Waals surface area contributed by atoms with Crippen molar-refractivity contribution >= 4 is 22.4 Å². The average Bonchev–Trinajstić information content (AvgIpc) is 2.58. The van der Waals surface area contributed by atoms with Crippen molar-refractivity contribution in [3.8, 4) is 0 Å². The van der Waals surface area contributed by atoms with Crippen molar-refractivity contribution in [3.63, 3.8) is 0 Å². The third kappa shape index (κ3) is 3.33. The maximum absolute atomic E-state index is 12.7. The molecule has 0 spiro atoms. The van der Waals surface area contributed by atoms with E-state index in [4.69, 9.17) is 4.74 Å². The molecule has 1 aromatic carbocycles. The van der Waals surface area contributed by atoms with E-state index in [9.17, 15) is 4.79 Å². The molecule has 26 heavy (non-hydrogen) atoms. The Balaban J connectivity index is 1.64. The average molecular weight is 350 g/mol. The van der Waals surface area contributed by atoms with Crippen LogP contribution in [-0.2, 0) is 4.74 Å². The molecule has 136 valence electrons. The maximum atomic E-state index is 12.7. The minimum Gasteiger partial charge on any atom is -0.444 e. The van der Waals surface area contributed by atoms with E-state index in [-0.39, 0.29) is 18.2 Å².